The third kappa shape index (κ3) is 3.19. The average Bonchev–Trinajstić information content (AvgIpc) is 3.00. The van der Waals surface area contributed by atoms with E-state index in [1.807, 2.05) is 13.8 Å². The van der Waals surface area contributed by atoms with Crippen LogP contribution in [0.1, 0.15) is 32.3 Å². The molecule has 1 fully saturated rings. The van der Waals surface area contributed by atoms with Gasteiger partial charge in [0.15, 0.2) is 0 Å². The molecule has 0 heterocycles. The minimum absolute atomic E-state index is 0.193. The first-order valence-corrected chi connectivity index (χ1v) is 5.82. The molecular weight excluding hydrogens is 219 g/mol. The lowest BCUT2D eigenvalue weighted by atomic mass is 9.94. The molecule has 4 heteroatoms. The number of hydrogen-bond donors (Lipinski definition) is 2. The fraction of sp³-hybridized carbons (Fsp3) is 0.462. The van der Waals surface area contributed by atoms with E-state index >= 15 is 0 Å². The van der Waals surface area contributed by atoms with E-state index in [1.54, 1.807) is 12.1 Å². The summed E-state index contributed by atoms with van der Waals surface area (Å²) in [4.78, 5) is 11.7. The van der Waals surface area contributed by atoms with Gasteiger partial charge in [0, 0.05) is 6.04 Å². The number of hydrogen-bond acceptors (Lipinski definition) is 1. The Kier molecular flexibility index (Phi) is 3.05. The topological polar surface area (TPSA) is 41.1 Å². The van der Waals surface area contributed by atoms with Crippen LogP contribution >= 0.6 is 0 Å². The molecule has 0 saturated heterocycles. The molecule has 2 N–H and O–H groups in total. The summed E-state index contributed by atoms with van der Waals surface area (Å²) in [6.45, 7) is 3.71. The van der Waals surface area contributed by atoms with Crippen LogP contribution < -0.4 is 10.6 Å². The molecule has 1 aromatic carbocycles. The largest absolute Gasteiger partial charge is 0.335 e. The maximum absolute atomic E-state index is 13.1. The van der Waals surface area contributed by atoms with Gasteiger partial charge in [-0.25, -0.2) is 9.18 Å². The third-order valence-corrected chi connectivity index (χ3v) is 2.88. The van der Waals surface area contributed by atoms with Gasteiger partial charge in [-0.2, -0.15) is 0 Å². The van der Waals surface area contributed by atoms with Gasteiger partial charge in [-0.05, 0) is 44.4 Å². The van der Waals surface area contributed by atoms with Crippen molar-refractivity contribution in [1.82, 2.24) is 10.6 Å². The van der Waals surface area contributed by atoms with Gasteiger partial charge in [0.05, 0.1) is 5.54 Å². The summed E-state index contributed by atoms with van der Waals surface area (Å²) in [6.07, 6.45) is 2.10. The summed E-state index contributed by atoms with van der Waals surface area (Å²) < 4.78 is 13.1. The van der Waals surface area contributed by atoms with Crippen LogP contribution in [-0.4, -0.2) is 12.1 Å². The van der Waals surface area contributed by atoms with Crippen molar-refractivity contribution in [1.29, 1.82) is 0 Å². The van der Waals surface area contributed by atoms with E-state index in [0.29, 0.717) is 6.04 Å². The lowest BCUT2D eigenvalue weighted by Gasteiger charge is -2.27. The number of rotatable bonds is 3. The number of carbonyl (C=O) groups is 1. The number of halogens is 1. The van der Waals surface area contributed by atoms with E-state index in [1.165, 1.54) is 12.1 Å². The molecule has 0 radical (unpaired) electrons. The van der Waals surface area contributed by atoms with Crippen LogP contribution in [0.25, 0.3) is 0 Å². The van der Waals surface area contributed by atoms with Crippen LogP contribution in [0.2, 0.25) is 0 Å². The minimum atomic E-state index is -0.582. The van der Waals surface area contributed by atoms with E-state index in [9.17, 15) is 9.18 Å². The van der Waals surface area contributed by atoms with Gasteiger partial charge in [0.2, 0.25) is 0 Å². The van der Waals surface area contributed by atoms with Crippen molar-refractivity contribution in [3.63, 3.8) is 0 Å². The number of carbonyl (C=O) groups excluding carboxylic acids is 1. The Morgan fingerprint density at radius 2 is 2.12 bits per heavy atom. The second-order valence-corrected chi connectivity index (χ2v) is 5.01. The van der Waals surface area contributed by atoms with Gasteiger partial charge < -0.3 is 10.6 Å². The average molecular weight is 236 g/mol. The van der Waals surface area contributed by atoms with Gasteiger partial charge in [-0.1, -0.05) is 12.1 Å². The number of benzene rings is 1. The lowest BCUT2D eigenvalue weighted by Crippen LogP contribution is -2.47. The zero-order valence-corrected chi connectivity index (χ0v) is 10.1. The fourth-order valence-electron chi connectivity index (χ4n) is 1.68. The van der Waals surface area contributed by atoms with Crippen LogP contribution in [-0.2, 0) is 5.54 Å². The summed E-state index contributed by atoms with van der Waals surface area (Å²) in [5.74, 6) is -0.292. The Morgan fingerprint density at radius 1 is 1.41 bits per heavy atom. The molecule has 1 aliphatic carbocycles. The minimum Gasteiger partial charge on any atom is -0.335 e. The molecule has 0 aromatic heterocycles. The van der Waals surface area contributed by atoms with Gasteiger partial charge in [-0.15, -0.1) is 0 Å². The first-order chi connectivity index (χ1) is 7.97. The highest BCUT2D eigenvalue weighted by Crippen LogP contribution is 2.22. The van der Waals surface area contributed by atoms with Crippen molar-refractivity contribution in [2.24, 2.45) is 0 Å². The molecule has 0 unspecified atom stereocenters. The monoisotopic (exact) mass is 236 g/mol. The fourth-order valence-corrected chi connectivity index (χ4v) is 1.68. The Hall–Kier alpha value is -1.58. The predicted molar refractivity (Wildman–Crippen MR) is 64.1 cm³/mol. The summed E-state index contributed by atoms with van der Waals surface area (Å²) in [6, 6.07) is 6.41. The van der Waals surface area contributed by atoms with E-state index < -0.39 is 5.54 Å². The van der Waals surface area contributed by atoms with E-state index in [4.69, 9.17) is 0 Å². The zero-order valence-electron chi connectivity index (χ0n) is 10.1. The smallest absolute Gasteiger partial charge is 0.315 e. The van der Waals surface area contributed by atoms with Crippen molar-refractivity contribution in [3.05, 3.63) is 35.6 Å². The van der Waals surface area contributed by atoms with Crippen molar-refractivity contribution >= 4 is 6.03 Å². The molecule has 92 valence electrons. The molecule has 1 saturated carbocycles. The highest BCUT2D eigenvalue weighted by atomic mass is 19.1. The van der Waals surface area contributed by atoms with Crippen LogP contribution in [0, 0.1) is 5.82 Å². The molecule has 0 spiro atoms. The maximum Gasteiger partial charge on any atom is 0.315 e. The predicted octanol–water partition coefficient (Wildman–Crippen LogP) is 2.52. The maximum atomic E-state index is 13.1. The molecule has 0 aliphatic heterocycles. The van der Waals surface area contributed by atoms with E-state index in [-0.39, 0.29) is 11.8 Å². The third-order valence-electron chi connectivity index (χ3n) is 2.88. The second-order valence-electron chi connectivity index (χ2n) is 5.01. The Bertz CT molecular complexity index is 427. The standard InChI is InChI=1S/C13H17FN2O/c1-13(2,9-4-3-5-10(14)8-9)16-12(17)15-11-6-7-11/h3-5,8,11H,6-7H2,1-2H3,(H2,15,16,17). The first-order valence-electron chi connectivity index (χ1n) is 5.82. The van der Waals surface area contributed by atoms with Crippen molar-refractivity contribution in [3.8, 4) is 0 Å². The van der Waals surface area contributed by atoms with Crippen LogP contribution in [0.4, 0.5) is 9.18 Å². The molecule has 1 aromatic rings. The summed E-state index contributed by atoms with van der Waals surface area (Å²) in [7, 11) is 0. The molecule has 17 heavy (non-hydrogen) atoms. The van der Waals surface area contributed by atoms with Crippen molar-refractivity contribution in [2.45, 2.75) is 38.3 Å². The number of amides is 2. The van der Waals surface area contributed by atoms with Gasteiger partial charge in [0.25, 0.3) is 0 Å². The van der Waals surface area contributed by atoms with Gasteiger partial charge >= 0.3 is 6.03 Å². The Labute approximate surface area is 100 Å². The summed E-state index contributed by atoms with van der Waals surface area (Å²) >= 11 is 0. The zero-order chi connectivity index (χ0) is 12.5. The van der Waals surface area contributed by atoms with Crippen LogP contribution in [0.5, 0.6) is 0 Å². The normalized spacial score (nSPS) is 15.5. The van der Waals surface area contributed by atoms with E-state index in [0.717, 1.165) is 18.4 Å². The Morgan fingerprint density at radius 3 is 2.71 bits per heavy atom. The molecule has 1 aliphatic rings. The second kappa shape index (κ2) is 4.35. The molecule has 0 atom stereocenters. The number of nitrogens with one attached hydrogen (secondary N) is 2. The molecule has 2 amide bonds. The summed E-state index contributed by atoms with van der Waals surface area (Å²) in [5.41, 5.74) is 0.171. The summed E-state index contributed by atoms with van der Waals surface area (Å²) in [5, 5.41) is 5.70. The highest BCUT2D eigenvalue weighted by Gasteiger charge is 2.27. The Balaban J connectivity index is 2.03. The van der Waals surface area contributed by atoms with E-state index in [2.05, 4.69) is 10.6 Å². The van der Waals surface area contributed by atoms with Crippen LogP contribution in [0.3, 0.4) is 0 Å². The molecule has 2 rings (SSSR count). The number of urea groups is 1. The molecular formula is C13H17FN2O. The SMILES string of the molecule is CC(C)(NC(=O)NC1CC1)c1cccc(F)c1. The van der Waals surface area contributed by atoms with Crippen LogP contribution in [0.15, 0.2) is 24.3 Å². The quantitative estimate of drug-likeness (QED) is 0.832. The lowest BCUT2D eigenvalue weighted by molar-refractivity contribution is 0.229. The highest BCUT2D eigenvalue weighted by molar-refractivity contribution is 5.75. The van der Waals surface area contributed by atoms with Crippen molar-refractivity contribution in [2.75, 3.05) is 0 Å². The molecule has 3 nitrogen and oxygen atoms in total. The first kappa shape index (κ1) is 11.9. The van der Waals surface area contributed by atoms with Gasteiger partial charge in [0.1, 0.15) is 5.82 Å². The van der Waals surface area contributed by atoms with Crippen molar-refractivity contribution < 1.29 is 9.18 Å². The van der Waals surface area contributed by atoms with Gasteiger partial charge in [-0.3, -0.25) is 0 Å². The molecule has 0 bridgehead atoms.